The molecule has 1 aromatic heterocycles. The average Bonchev–Trinajstić information content (AvgIpc) is 2.94. The molecule has 3 rings (SSSR count). The van der Waals surface area contributed by atoms with E-state index in [1.54, 1.807) is 18.2 Å². The van der Waals surface area contributed by atoms with Crippen LogP contribution in [0.3, 0.4) is 0 Å². The smallest absolute Gasteiger partial charge is 0.288 e. The van der Waals surface area contributed by atoms with Crippen molar-refractivity contribution in [1.82, 2.24) is 14.8 Å². The molecule has 0 atom stereocenters. The van der Waals surface area contributed by atoms with Crippen LogP contribution >= 0.6 is 11.6 Å². The number of H-pyrrole nitrogens is 1. The zero-order valence-corrected chi connectivity index (χ0v) is 16.4. The monoisotopic (exact) mass is 385 g/mol. The second kappa shape index (κ2) is 6.94. The van der Waals surface area contributed by atoms with Gasteiger partial charge in [0.25, 0.3) is 0 Å². The van der Waals surface area contributed by atoms with Crippen molar-refractivity contribution in [1.29, 1.82) is 0 Å². The number of halogens is 2. The number of hydrogen-bond acceptors (Lipinski definition) is 2. The predicted molar refractivity (Wildman–Crippen MR) is 105 cm³/mol. The number of aromatic amines is 1. The fraction of sp³-hybridized carbons (Fsp3) is 0.158. The van der Waals surface area contributed by atoms with Gasteiger partial charge in [-0.05, 0) is 36.4 Å². The number of rotatable bonds is 2. The Morgan fingerprint density at radius 1 is 1.15 bits per heavy atom. The Bertz CT molecular complexity index is 1050. The van der Waals surface area contributed by atoms with Gasteiger partial charge in [0.15, 0.2) is 5.82 Å². The van der Waals surface area contributed by atoms with Crippen LogP contribution in [-0.4, -0.2) is 22.8 Å². The highest BCUT2D eigenvalue weighted by Gasteiger charge is 2.16. The normalized spacial score (nSPS) is 11.1. The van der Waals surface area contributed by atoms with E-state index < -0.39 is 19.6 Å². The molecule has 0 aliphatic rings. The maximum atomic E-state index is 14.0. The molecule has 0 unspecified atom stereocenters. The molecule has 0 bridgehead atoms. The van der Waals surface area contributed by atoms with Gasteiger partial charge in [0.1, 0.15) is 13.9 Å². The Hall–Kier alpha value is -2.62. The van der Waals surface area contributed by atoms with Gasteiger partial charge in [0, 0.05) is 5.56 Å². The molecule has 0 aliphatic heterocycles. The zero-order chi connectivity index (χ0) is 18.9. The highest BCUT2D eigenvalue weighted by Crippen LogP contribution is 2.27. The summed E-state index contributed by atoms with van der Waals surface area (Å²) >= 11 is 6.04. The molecule has 0 spiro atoms. The van der Waals surface area contributed by atoms with Crippen molar-refractivity contribution in [3.05, 3.63) is 69.4 Å². The van der Waals surface area contributed by atoms with Crippen LogP contribution in [-0.2, 0) is 0 Å². The Morgan fingerprint density at radius 3 is 2.46 bits per heavy atom. The topological polar surface area (TPSA) is 50.7 Å². The van der Waals surface area contributed by atoms with Crippen molar-refractivity contribution in [3.8, 4) is 28.5 Å². The van der Waals surface area contributed by atoms with Crippen molar-refractivity contribution in [2.75, 3.05) is 0 Å². The first-order chi connectivity index (χ1) is 12.2. The Balaban J connectivity index is 1.97. The molecule has 0 saturated heterocycles. The lowest BCUT2D eigenvalue weighted by atomic mass is 10.2. The summed E-state index contributed by atoms with van der Waals surface area (Å²) in [7, 11) is -1.45. The van der Waals surface area contributed by atoms with Crippen molar-refractivity contribution < 1.29 is 4.39 Å². The Kier molecular flexibility index (Phi) is 4.85. The Labute approximate surface area is 156 Å². The van der Waals surface area contributed by atoms with Crippen LogP contribution in [0.25, 0.3) is 17.1 Å². The maximum absolute atomic E-state index is 14.0. The lowest BCUT2D eigenvalue weighted by Gasteiger charge is -2.04. The first-order valence-electron chi connectivity index (χ1n) is 8.02. The minimum absolute atomic E-state index is 0.0719. The molecular weight excluding hydrogens is 369 g/mol. The quantitative estimate of drug-likeness (QED) is 0.529. The molecule has 7 heteroatoms. The predicted octanol–water partition coefficient (Wildman–Crippen LogP) is 4.25. The first-order valence-corrected chi connectivity index (χ1v) is 11.9. The van der Waals surface area contributed by atoms with Gasteiger partial charge in [-0.2, -0.15) is 4.68 Å². The summed E-state index contributed by atoms with van der Waals surface area (Å²) in [4.78, 5) is 14.8. The molecule has 132 valence electrons. The van der Waals surface area contributed by atoms with E-state index in [1.165, 1.54) is 16.8 Å². The van der Waals surface area contributed by atoms with E-state index in [9.17, 15) is 9.18 Å². The lowest BCUT2D eigenvalue weighted by molar-refractivity contribution is 0.630. The second-order valence-electron chi connectivity index (χ2n) is 6.83. The van der Waals surface area contributed by atoms with Gasteiger partial charge in [-0.1, -0.05) is 43.2 Å². The molecule has 4 nitrogen and oxygen atoms in total. The number of hydrogen-bond donors (Lipinski definition) is 1. The van der Waals surface area contributed by atoms with E-state index in [-0.39, 0.29) is 16.4 Å². The highest BCUT2D eigenvalue weighted by molar-refractivity contribution is 6.83. The van der Waals surface area contributed by atoms with Crippen LogP contribution in [0.5, 0.6) is 0 Å². The third-order valence-corrected chi connectivity index (χ3v) is 4.70. The van der Waals surface area contributed by atoms with E-state index >= 15 is 0 Å². The molecular formula is C19H17ClFN3OSi. The summed E-state index contributed by atoms with van der Waals surface area (Å²) in [5.41, 5.74) is 4.32. The summed E-state index contributed by atoms with van der Waals surface area (Å²) in [5, 5.41) is 4.37. The fourth-order valence-electron chi connectivity index (χ4n) is 2.28. The van der Waals surface area contributed by atoms with Crippen molar-refractivity contribution in [3.63, 3.8) is 0 Å². The van der Waals surface area contributed by atoms with Crippen LogP contribution in [0, 0.1) is 17.3 Å². The summed E-state index contributed by atoms with van der Waals surface area (Å²) in [5.74, 6) is 2.69. The lowest BCUT2D eigenvalue weighted by Crippen LogP contribution is -2.16. The first kappa shape index (κ1) is 18.2. The Morgan fingerprint density at radius 2 is 1.85 bits per heavy atom. The highest BCUT2D eigenvalue weighted by atomic mass is 35.5. The molecule has 1 heterocycles. The molecule has 1 N–H and O–H groups in total. The SMILES string of the molecule is C[Si](C)(C)C#Cc1ccc(-n2nc(-c3c(F)cccc3Cl)[nH]c2=O)cc1. The van der Waals surface area contributed by atoms with Crippen molar-refractivity contribution >= 4 is 19.7 Å². The second-order valence-corrected chi connectivity index (χ2v) is 12.0. The van der Waals surface area contributed by atoms with Gasteiger partial charge in [0.05, 0.1) is 16.3 Å². The largest absolute Gasteiger partial charge is 0.348 e. The van der Waals surface area contributed by atoms with E-state index in [2.05, 4.69) is 41.2 Å². The molecule has 2 aromatic carbocycles. The van der Waals surface area contributed by atoms with Crippen LogP contribution in [0.2, 0.25) is 24.7 Å². The van der Waals surface area contributed by atoms with E-state index in [0.29, 0.717) is 5.69 Å². The standard InChI is InChI=1S/C19H17ClFN3OSi/c1-26(2,3)12-11-13-7-9-14(10-8-13)24-19(25)22-18(23-24)17-15(20)5-4-6-16(17)21/h4-10H,1-3H3,(H,22,23,25). The number of nitrogens with one attached hydrogen (secondary N) is 1. The summed E-state index contributed by atoms with van der Waals surface area (Å²) in [6.45, 7) is 6.52. The van der Waals surface area contributed by atoms with Crippen LogP contribution in [0.15, 0.2) is 47.3 Å². The molecule has 0 amide bonds. The van der Waals surface area contributed by atoms with Gasteiger partial charge in [-0.25, -0.2) is 9.18 Å². The van der Waals surface area contributed by atoms with Crippen LogP contribution < -0.4 is 5.69 Å². The molecule has 26 heavy (non-hydrogen) atoms. The summed E-state index contributed by atoms with van der Waals surface area (Å²) < 4.78 is 15.2. The van der Waals surface area contributed by atoms with E-state index in [1.807, 2.05) is 12.1 Å². The van der Waals surface area contributed by atoms with Gasteiger partial charge in [-0.3, -0.25) is 4.98 Å². The number of aromatic nitrogens is 3. The fourth-order valence-corrected chi connectivity index (χ4v) is 3.05. The van der Waals surface area contributed by atoms with Crippen molar-refractivity contribution in [2.45, 2.75) is 19.6 Å². The molecule has 0 fully saturated rings. The summed E-state index contributed by atoms with van der Waals surface area (Å²) in [6.07, 6.45) is 0. The molecule has 0 radical (unpaired) electrons. The van der Waals surface area contributed by atoms with Crippen LogP contribution in [0.4, 0.5) is 4.39 Å². The van der Waals surface area contributed by atoms with Gasteiger partial charge < -0.3 is 0 Å². The van der Waals surface area contributed by atoms with Gasteiger partial charge in [-0.15, -0.1) is 10.6 Å². The van der Waals surface area contributed by atoms with Crippen molar-refractivity contribution in [2.24, 2.45) is 0 Å². The van der Waals surface area contributed by atoms with Crippen LogP contribution in [0.1, 0.15) is 5.56 Å². The maximum Gasteiger partial charge on any atom is 0.348 e. The third-order valence-electron chi connectivity index (χ3n) is 3.51. The molecule has 0 saturated carbocycles. The molecule has 0 aliphatic carbocycles. The average molecular weight is 386 g/mol. The zero-order valence-electron chi connectivity index (χ0n) is 14.6. The third kappa shape index (κ3) is 3.95. The van der Waals surface area contributed by atoms with E-state index in [0.717, 1.165) is 5.56 Å². The number of benzene rings is 2. The van der Waals surface area contributed by atoms with Gasteiger partial charge in [0.2, 0.25) is 0 Å². The molecule has 3 aromatic rings. The minimum atomic E-state index is -1.45. The summed E-state index contributed by atoms with van der Waals surface area (Å²) in [6, 6.07) is 11.5. The van der Waals surface area contributed by atoms with E-state index in [4.69, 9.17) is 11.6 Å². The van der Waals surface area contributed by atoms with Gasteiger partial charge >= 0.3 is 5.69 Å². The minimum Gasteiger partial charge on any atom is -0.288 e. The number of nitrogens with zero attached hydrogens (tertiary/aromatic N) is 2.